The summed E-state index contributed by atoms with van der Waals surface area (Å²) in [5, 5.41) is 13.1. The molecule has 3 rings (SSSR count). The van der Waals surface area contributed by atoms with Crippen LogP contribution in [0.5, 0.6) is 5.75 Å². The Kier molecular flexibility index (Phi) is 3.13. The molecule has 2 aliphatic carbocycles. The molecule has 0 aliphatic heterocycles. The lowest BCUT2D eigenvalue weighted by Gasteiger charge is -2.22. The summed E-state index contributed by atoms with van der Waals surface area (Å²) in [5.74, 6) is 2.81. The average molecular weight is 243 g/mol. The van der Waals surface area contributed by atoms with Crippen LogP contribution in [-0.2, 0) is 0 Å². The summed E-state index contributed by atoms with van der Waals surface area (Å²) >= 11 is 0. The highest BCUT2D eigenvalue weighted by molar-refractivity contribution is 5.29. The highest BCUT2D eigenvalue weighted by Gasteiger charge is 2.35. The molecular weight excluding hydrogens is 222 g/mol. The first-order valence-electron chi connectivity index (χ1n) is 6.93. The van der Waals surface area contributed by atoms with Crippen LogP contribution in [0.3, 0.4) is 0 Å². The van der Waals surface area contributed by atoms with E-state index in [1.54, 1.807) is 6.07 Å². The Morgan fingerprint density at radius 1 is 1.33 bits per heavy atom. The first-order valence-corrected chi connectivity index (χ1v) is 6.93. The topological polar surface area (TPSA) is 32.3 Å². The van der Waals surface area contributed by atoms with Crippen molar-refractivity contribution in [2.45, 2.75) is 25.8 Å². The Labute approximate surface area is 109 Å². The number of rotatable bonds is 4. The molecule has 2 aliphatic rings. The molecule has 0 aromatic heterocycles. The zero-order valence-electron chi connectivity index (χ0n) is 10.8. The number of phenols is 1. The van der Waals surface area contributed by atoms with Gasteiger partial charge < -0.3 is 10.4 Å². The van der Waals surface area contributed by atoms with Gasteiger partial charge in [-0.2, -0.15) is 0 Å². The summed E-state index contributed by atoms with van der Waals surface area (Å²) in [4.78, 5) is 0. The number of allylic oxidation sites excluding steroid dienone is 2. The van der Waals surface area contributed by atoms with Gasteiger partial charge in [-0.3, -0.25) is 0 Å². The first-order chi connectivity index (χ1) is 8.72. The summed E-state index contributed by atoms with van der Waals surface area (Å²) in [7, 11) is 0. The summed E-state index contributed by atoms with van der Waals surface area (Å²) in [5.41, 5.74) is 1.16. The van der Waals surface area contributed by atoms with Crippen molar-refractivity contribution in [2.24, 2.45) is 17.8 Å². The first kappa shape index (κ1) is 11.8. The molecule has 0 radical (unpaired) electrons. The quantitative estimate of drug-likeness (QED) is 0.796. The molecule has 2 N–H and O–H groups in total. The van der Waals surface area contributed by atoms with Gasteiger partial charge >= 0.3 is 0 Å². The molecule has 0 spiro atoms. The van der Waals surface area contributed by atoms with Crippen LogP contribution >= 0.6 is 0 Å². The minimum absolute atomic E-state index is 0.306. The number of fused-ring (bicyclic) bond motifs is 2. The molecule has 0 amide bonds. The summed E-state index contributed by atoms with van der Waals surface area (Å²) in [6.07, 6.45) is 7.51. The Morgan fingerprint density at radius 3 is 2.89 bits per heavy atom. The van der Waals surface area contributed by atoms with E-state index in [0.717, 1.165) is 29.9 Å². The molecule has 1 aromatic carbocycles. The molecule has 0 saturated heterocycles. The van der Waals surface area contributed by atoms with Gasteiger partial charge in [-0.05, 0) is 61.8 Å². The van der Waals surface area contributed by atoms with Crippen LogP contribution in [0, 0.1) is 17.8 Å². The average Bonchev–Trinajstić information content (AvgIpc) is 2.98. The van der Waals surface area contributed by atoms with Crippen LogP contribution in [0.2, 0.25) is 0 Å². The van der Waals surface area contributed by atoms with Crippen molar-refractivity contribution in [3.63, 3.8) is 0 Å². The van der Waals surface area contributed by atoms with Crippen molar-refractivity contribution in [3.8, 4) is 5.75 Å². The second kappa shape index (κ2) is 4.77. The Hall–Kier alpha value is -1.28. The fourth-order valence-corrected chi connectivity index (χ4v) is 3.37. The van der Waals surface area contributed by atoms with Crippen molar-refractivity contribution in [1.29, 1.82) is 0 Å². The van der Waals surface area contributed by atoms with Crippen molar-refractivity contribution >= 4 is 0 Å². The highest BCUT2D eigenvalue weighted by atomic mass is 16.3. The van der Waals surface area contributed by atoms with Gasteiger partial charge in [0.25, 0.3) is 0 Å². The van der Waals surface area contributed by atoms with Crippen LogP contribution in [0.25, 0.3) is 0 Å². The van der Waals surface area contributed by atoms with E-state index in [1.807, 2.05) is 12.1 Å². The van der Waals surface area contributed by atoms with E-state index in [0.29, 0.717) is 11.8 Å². The molecule has 1 fully saturated rings. The molecule has 2 heteroatoms. The van der Waals surface area contributed by atoms with Gasteiger partial charge in [0.05, 0.1) is 0 Å². The highest BCUT2D eigenvalue weighted by Crippen LogP contribution is 2.43. The van der Waals surface area contributed by atoms with E-state index in [2.05, 4.69) is 30.5 Å². The fourth-order valence-electron chi connectivity index (χ4n) is 3.37. The molecule has 96 valence electrons. The zero-order chi connectivity index (χ0) is 12.5. The van der Waals surface area contributed by atoms with Gasteiger partial charge in [0.2, 0.25) is 0 Å². The fraction of sp³-hybridized carbons (Fsp3) is 0.500. The Morgan fingerprint density at radius 2 is 2.22 bits per heavy atom. The van der Waals surface area contributed by atoms with Gasteiger partial charge in [-0.25, -0.2) is 0 Å². The van der Waals surface area contributed by atoms with Crippen LogP contribution in [0.4, 0.5) is 0 Å². The third-order valence-electron chi connectivity index (χ3n) is 4.47. The molecule has 1 aromatic rings. The van der Waals surface area contributed by atoms with E-state index in [4.69, 9.17) is 0 Å². The number of phenolic OH excluding ortho intramolecular Hbond substituents is 1. The summed E-state index contributed by atoms with van der Waals surface area (Å²) < 4.78 is 0. The van der Waals surface area contributed by atoms with E-state index >= 15 is 0 Å². The SMILES string of the molecule is CC(NCC1CC2C=CC1C2)c1cccc(O)c1. The molecule has 4 unspecified atom stereocenters. The second-order valence-corrected chi connectivity index (χ2v) is 5.77. The van der Waals surface area contributed by atoms with Crippen LogP contribution in [0.1, 0.15) is 31.4 Å². The monoisotopic (exact) mass is 243 g/mol. The molecule has 1 saturated carbocycles. The van der Waals surface area contributed by atoms with Crippen LogP contribution in [0.15, 0.2) is 36.4 Å². The van der Waals surface area contributed by atoms with Crippen molar-refractivity contribution in [3.05, 3.63) is 42.0 Å². The van der Waals surface area contributed by atoms with Crippen molar-refractivity contribution in [2.75, 3.05) is 6.54 Å². The number of benzene rings is 1. The number of aromatic hydroxyl groups is 1. The smallest absolute Gasteiger partial charge is 0.115 e. The maximum absolute atomic E-state index is 9.49. The minimum atomic E-state index is 0.306. The van der Waals surface area contributed by atoms with Crippen LogP contribution in [-0.4, -0.2) is 11.7 Å². The molecular formula is C16H21NO. The predicted molar refractivity (Wildman–Crippen MR) is 73.4 cm³/mol. The standard InChI is InChI=1S/C16H21NO/c1-11(13-3-2-4-16(18)9-13)17-10-15-8-12-5-6-14(15)7-12/h2-6,9,11-12,14-15,17-18H,7-8,10H2,1H3. The molecule has 2 bridgehead atoms. The Balaban J connectivity index is 1.55. The lowest BCUT2D eigenvalue weighted by molar-refractivity contribution is 0.392. The second-order valence-electron chi connectivity index (χ2n) is 5.77. The van der Waals surface area contributed by atoms with E-state index < -0.39 is 0 Å². The zero-order valence-corrected chi connectivity index (χ0v) is 10.8. The number of hydrogen-bond donors (Lipinski definition) is 2. The third-order valence-corrected chi connectivity index (χ3v) is 4.47. The summed E-state index contributed by atoms with van der Waals surface area (Å²) in [6.45, 7) is 3.25. The third kappa shape index (κ3) is 2.30. The van der Waals surface area contributed by atoms with E-state index in [1.165, 1.54) is 12.8 Å². The van der Waals surface area contributed by atoms with E-state index in [-0.39, 0.29) is 0 Å². The predicted octanol–water partition coefficient (Wildman–Crippen LogP) is 3.26. The Bertz CT molecular complexity index is 454. The lowest BCUT2D eigenvalue weighted by atomic mass is 9.93. The maximum atomic E-state index is 9.49. The summed E-state index contributed by atoms with van der Waals surface area (Å²) in [6, 6.07) is 7.84. The number of hydrogen-bond acceptors (Lipinski definition) is 2. The lowest BCUT2D eigenvalue weighted by Crippen LogP contribution is -2.27. The molecule has 2 nitrogen and oxygen atoms in total. The van der Waals surface area contributed by atoms with Crippen molar-refractivity contribution < 1.29 is 5.11 Å². The van der Waals surface area contributed by atoms with Gasteiger partial charge in [0, 0.05) is 6.04 Å². The van der Waals surface area contributed by atoms with Crippen LogP contribution < -0.4 is 5.32 Å². The number of nitrogens with one attached hydrogen (secondary N) is 1. The molecule has 0 heterocycles. The minimum Gasteiger partial charge on any atom is -0.508 e. The van der Waals surface area contributed by atoms with Gasteiger partial charge in [-0.1, -0.05) is 24.3 Å². The largest absolute Gasteiger partial charge is 0.508 e. The normalized spacial score (nSPS) is 30.8. The maximum Gasteiger partial charge on any atom is 0.115 e. The van der Waals surface area contributed by atoms with Crippen molar-refractivity contribution in [1.82, 2.24) is 5.32 Å². The van der Waals surface area contributed by atoms with Gasteiger partial charge in [0.1, 0.15) is 5.75 Å². The van der Waals surface area contributed by atoms with Gasteiger partial charge in [0.15, 0.2) is 0 Å². The molecule has 4 atom stereocenters. The van der Waals surface area contributed by atoms with E-state index in [9.17, 15) is 5.11 Å². The molecule has 18 heavy (non-hydrogen) atoms. The van der Waals surface area contributed by atoms with Gasteiger partial charge in [-0.15, -0.1) is 0 Å².